The predicted molar refractivity (Wildman–Crippen MR) is 88.5 cm³/mol. The lowest BCUT2D eigenvalue weighted by Gasteiger charge is -2.40. The number of thioether (sulfide) groups is 1. The minimum absolute atomic E-state index is 0.141. The van der Waals surface area contributed by atoms with Crippen molar-refractivity contribution in [1.82, 2.24) is 10.2 Å². The van der Waals surface area contributed by atoms with E-state index in [-0.39, 0.29) is 12.0 Å². The van der Waals surface area contributed by atoms with Gasteiger partial charge in [-0.05, 0) is 31.5 Å². The zero-order valence-electron chi connectivity index (χ0n) is 12.8. The molecule has 0 bridgehead atoms. The normalized spacial score (nSPS) is 24.5. The molecule has 0 aliphatic carbocycles. The van der Waals surface area contributed by atoms with E-state index in [4.69, 9.17) is 0 Å². The number of hydrogen-bond donors (Lipinski definition) is 1. The molecule has 2 fully saturated rings. The second-order valence-electron chi connectivity index (χ2n) is 6.24. The Hall–Kier alpha value is -1.00. The second-order valence-corrected chi connectivity index (χ2v) is 7.39. The summed E-state index contributed by atoms with van der Waals surface area (Å²) >= 11 is 1.96. The highest BCUT2D eigenvalue weighted by molar-refractivity contribution is 7.99. The Morgan fingerprint density at radius 3 is 2.67 bits per heavy atom. The molecule has 2 unspecified atom stereocenters. The minimum atomic E-state index is 0.141. The van der Waals surface area contributed by atoms with Gasteiger partial charge >= 0.3 is 0 Å². The molecule has 2 aliphatic heterocycles. The summed E-state index contributed by atoms with van der Waals surface area (Å²) in [6.07, 6.45) is 0. The maximum Gasteiger partial charge on any atom is 0.226 e. The standard InChI is InChI=1S/C17H24N2OS/c1-12-3-5-14(6-4-12)16-11-21-8-7-19(16)17(20)13(2)15-9-18-10-15/h3-6,13,15-16,18H,7-11H2,1-2H3. The SMILES string of the molecule is Cc1ccc(C2CSCCN2C(=O)C(C)C2CNC2)cc1. The molecule has 3 rings (SSSR count). The molecule has 21 heavy (non-hydrogen) atoms. The van der Waals surface area contributed by atoms with Crippen LogP contribution in [0, 0.1) is 18.8 Å². The molecule has 0 spiro atoms. The van der Waals surface area contributed by atoms with Gasteiger partial charge in [-0.25, -0.2) is 0 Å². The molecule has 1 aromatic rings. The van der Waals surface area contributed by atoms with Crippen LogP contribution in [0.15, 0.2) is 24.3 Å². The van der Waals surface area contributed by atoms with Gasteiger partial charge in [-0.3, -0.25) is 4.79 Å². The van der Waals surface area contributed by atoms with Gasteiger partial charge in [0.1, 0.15) is 0 Å². The lowest BCUT2D eigenvalue weighted by Crippen LogP contribution is -2.52. The van der Waals surface area contributed by atoms with Crippen molar-refractivity contribution in [1.29, 1.82) is 0 Å². The fraction of sp³-hybridized carbons (Fsp3) is 0.588. The Kier molecular flexibility index (Phi) is 4.55. The number of aryl methyl sites for hydroxylation is 1. The molecule has 2 saturated heterocycles. The van der Waals surface area contributed by atoms with E-state index in [2.05, 4.69) is 48.3 Å². The van der Waals surface area contributed by atoms with Crippen LogP contribution in [0.4, 0.5) is 0 Å². The van der Waals surface area contributed by atoms with Gasteiger partial charge in [0.15, 0.2) is 0 Å². The molecule has 0 aromatic heterocycles. The summed E-state index contributed by atoms with van der Waals surface area (Å²) in [5.41, 5.74) is 2.55. The molecule has 4 heteroatoms. The van der Waals surface area contributed by atoms with Crippen LogP contribution in [0.1, 0.15) is 24.1 Å². The summed E-state index contributed by atoms with van der Waals surface area (Å²) in [6, 6.07) is 8.91. The third kappa shape index (κ3) is 3.11. The molecule has 2 aliphatic rings. The van der Waals surface area contributed by atoms with E-state index < -0.39 is 0 Å². The first-order valence-electron chi connectivity index (χ1n) is 7.82. The summed E-state index contributed by atoms with van der Waals surface area (Å²) in [7, 11) is 0. The van der Waals surface area contributed by atoms with E-state index in [0.717, 1.165) is 31.1 Å². The molecule has 2 heterocycles. The van der Waals surface area contributed by atoms with Gasteiger partial charge in [0.2, 0.25) is 5.91 Å². The summed E-state index contributed by atoms with van der Waals surface area (Å²) < 4.78 is 0. The van der Waals surface area contributed by atoms with E-state index >= 15 is 0 Å². The fourth-order valence-corrected chi connectivity index (χ4v) is 4.15. The third-order valence-electron chi connectivity index (χ3n) is 4.78. The summed E-state index contributed by atoms with van der Waals surface area (Å²) in [5.74, 6) is 3.08. The number of benzene rings is 1. The zero-order chi connectivity index (χ0) is 14.8. The largest absolute Gasteiger partial charge is 0.334 e. The fourth-order valence-electron chi connectivity index (χ4n) is 3.06. The predicted octanol–water partition coefficient (Wildman–Crippen LogP) is 2.47. The molecule has 2 atom stereocenters. The molecule has 3 nitrogen and oxygen atoms in total. The van der Waals surface area contributed by atoms with Gasteiger partial charge < -0.3 is 10.2 Å². The van der Waals surface area contributed by atoms with Crippen molar-refractivity contribution in [2.24, 2.45) is 11.8 Å². The van der Waals surface area contributed by atoms with Crippen molar-refractivity contribution in [2.75, 3.05) is 31.1 Å². The Balaban J connectivity index is 1.77. The summed E-state index contributed by atoms with van der Waals surface area (Å²) in [4.78, 5) is 15.0. The van der Waals surface area contributed by atoms with Crippen molar-refractivity contribution in [3.8, 4) is 0 Å². The summed E-state index contributed by atoms with van der Waals surface area (Å²) in [6.45, 7) is 7.07. The van der Waals surface area contributed by atoms with Gasteiger partial charge in [-0.1, -0.05) is 36.8 Å². The number of carbonyl (C=O) groups excluding carboxylic acids is 1. The first-order valence-corrected chi connectivity index (χ1v) is 8.98. The highest BCUT2D eigenvalue weighted by Crippen LogP contribution is 2.32. The van der Waals surface area contributed by atoms with E-state index in [9.17, 15) is 4.79 Å². The van der Waals surface area contributed by atoms with Crippen molar-refractivity contribution < 1.29 is 4.79 Å². The maximum absolute atomic E-state index is 12.9. The molecule has 1 N–H and O–H groups in total. The molecular weight excluding hydrogens is 280 g/mol. The van der Waals surface area contributed by atoms with Gasteiger partial charge in [0.25, 0.3) is 0 Å². The Morgan fingerprint density at radius 2 is 2.05 bits per heavy atom. The highest BCUT2D eigenvalue weighted by Gasteiger charge is 2.35. The average Bonchev–Trinajstić information content (AvgIpc) is 2.45. The van der Waals surface area contributed by atoms with Crippen LogP contribution in [0.5, 0.6) is 0 Å². The van der Waals surface area contributed by atoms with Gasteiger partial charge in [0, 0.05) is 24.0 Å². The van der Waals surface area contributed by atoms with Crippen molar-refractivity contribution >= 4 is 17.7 Å². The first-order chi connectivity index (χ1) is 10.2. The lowest BCUT2D eigenvalue weighted by atomic mass is 9.87. The monoisotopic (exact) mass is 304 g/mol. The molecule has 1 aromatic carbocycles. The van der Waals surface area contributed by atoms with Crippen LogP contribution >= 0.6 is 11.8 Å². The number of amides is 1. The van der Waals surface area contributed by atoms with Gasteiger partial charge in [-0.15, -0.1) is 0 Å². The van der Waals surface area contributed by atoms with Crippen molar-refractivity contribution in [3.63, 3.8) is 0 Å². The van der Waals surface area contributed by atoms with Crippen LogP contribution in [0.25, 0.3) is 0 Å². The maximum atomic E-state index is 12.9. The Bertz CT molecular complexity index is 498. The van der Waals surface area contributed by atoms with E-state index in [1.165, 1.54) is 11.1 Å². The minimum Gasteiger partial charge on any atom is -0.334 e. The number of carbonyl (C=O) groups is 1. The van der Waals surface area contributed by atoms with Crippen molar-refractivity contribution in [3.05, 3.63) is 35.4 Å². The van der Waals surface area contributed by atoms with Gasteiger partial charge in [0.05, 0.1) is 6.04 Å². The lowest BCUT2D eigenvalue weighted by molar-refractivity contribution is -0.139. The number of rotatable bonds is 3. The molecular formula is C17H24N2OS. The average molecular weight is 304 g/mol. The van der Waals surface area contributed by atoms with Crippen LogP contribution in [0.2, 0.25) is 0 Å². The van der Waals surface area contributed by atoms with Crippen LogP contribution < -0.4 is 5.32 Å². The van der Waals surface area contributed by atoms with Gasteiger partial charge in [-0.2, -0.15) is 11.8 Å². The highest BCUT2D eigenvalue weighted by atomic mass is 32.2. The van der Waals surface area contributed by atoms with Crippen LogP contribution in [-0.4, -0.2) is 41.9 Å². The topological polar surface area (TPSA) is 32.3 Å². The molecule has 0 radical (unpaired) electrons. The van der Waals surface area contributed by atoms with Crippen LogP contribution in [0.3, 0.4) is 0 Å². The number of nitrogens with zero attached hydrogens (tertiary/aromatic N) is 1. The third-order valence-corrected chi connectivity index (χ3v) is 5.81. The van der Waals surface area contributed by atoms with E-state index in [0.29, 0.717) is 11.8 Å². The Labute approximate surface area is 131 Å². The van der Waals surface area contributed by atoms with Crippen LogP contribution in [-0.2, 0) is 4.79 Å². The van der Waals surface area contributed by atoms with E-state index in [1.54, 1.807) is 0 Å². The summed E-state index contributed by atoms with van der Waals surface area (Å²) in [5, 5.41) is 3.27. The van der Waals surface area contributed by atoms with E-state index in [1.807, 2.05) is 11.8 Å². The molecule has 114 valence electrons. The quantitative estimate of drug-likeness (QED) is 0.931. The smallest absolute Gasteiger partial charge is 0.226 e. The Morgan fingerprint density at radius 1 is 1.33 bits per heavy atom. The number of nitrogens with one attached hydrogen (secondary N) is 1. The zero-order valence-corrected chi connectivity index (χ0v) is 13.7. The van der Waals surface area contributed by atoms with Crippen molar-refractivity contribution in [2.45, 2.75) is 19.9 Å². The second kappa shape index (κ2) is 6.41. The molecule has 0 saturated carbocycles. The molecule has 1 amide bonds. The first kappa shape index (κ1) is 14.9. The number of hydrogen-bond acceptors (Lipinski definition) is 3.